The van der Waals surface area contributed by atoms with E-state index in [1.165, 1.54) is 87.5 Å². The van der Waals surface area contributed by atoms with E-state index in [0.717, 1.165) is 22.7 Å². The topological polar surface area (TPSA) is 8.17 Å². The van der Waals surface area contributed by atoms with Crippen LogP contribution in [0.15, 0.2) is 206 Å². The van der Waals surface area contributed by atoms with Crippen LogP contribution in [-0.2, 0) is 5.41 Å². The largest absolute Gasteiger partial charge is 0.310 e. The molecule has 0 bridgehead atoms. The van der Waals surface area contributed by atoms with E-state index in [1.54, 1.807) is 0 Å². The van der Waals surface area contributed by atoms with Crippen LogP contribution < -0.4 is 4.90 Å². The molecule has 0 amide bonds. The number of nitrogens with zero attached hydrogens (tertiary/aromatic N) is 2. The first-order valence-corrected chi connectivity index (χ1v) is 20.6. The smallest absolute Gasteiger partial charge is 0.0626 e. The second-order valence-electron chi connectivity index (χ2n) is 16.5. The molecule has 0 fully saturated rings. The Morgan fingerprint density at radius 2 is 0.983 bits per heavy atom. The van der Waals surface area contributed by atoms with Gasteiger partial charge in [-0.15, -0.1) is 0 Å². The lowest BCUT2D eigenvalue weighted by Crippen LogP contribution is -2.16. The van der Waals surface area contributed by atoms with Crippen LogP contribution in [0.5, 0.6) is 0 Å². The second-order valence-corrected chi connectivity index (χ2v) is 16.5. The summed E-state index contributed by atoms with van der Waals surface area (Å²) in [6.07, 6.45) is 0. The van der Waals surface area contributed by atoms with Gasteiger partial charge in [0.1, 0.15) is 0 Å². The Bertz CT molecular complexity index is 3440. The van der Waals surface area contributed by atoms with Crippen LogP contribution in [0, 0.1) is 0 Å². The van der Waals surface area contributed by atoms with Gasteiger partial charge < -0.3 is 9.47 Å². The van der Waals surface area contributed by atoms with Crippen LogP contribution in [0.1, 0.15) is 25.0 Å². The van der Waals surface area contributed by atoms with Gasteiger partial charge in [0.2, 0.25) is 0 Å². The van der Waals surface area contributed by atoms with Crippen molar-refractivity contribution in [3.8, 4) is 27.9 Å². The standard InChI is InChI=1S/C57H40N2/c1-57(2)51-22-12-10-19-46(51)47-35-33-43(36-52(47)57)58(40-27-24-38(25-28-40)37-14-4-3-5-15-37)41-29-31-42(32-30-41)59-53-23-13-11-21-50(53)55-54-44-17-7-6-16-39(44)26-34-48(54)45-18-8-9-20-49(45)56(55)59/h3-36H,1-2H3. The van der Waals surface area contributed by atoms with Crippen LogP contribution >= 0.6 is 0 Å². The molecule has 0 spiro atoms. The summed E-state index contributed by atoms with van der Waals surface area (Å²) >= 11 is 0. The third kappa shape index (κ3) is 5.00. The molecule has 278 valence electrons. The number of para-hydroxylation sites is 1. The van der Waals surface area contributed by atoms with Crippen molar-refractivity contribution in [2.45, 2.75) is 19.3 Å². The van der Waals surface area contributed by atoms with Crippen molar-refractivity contribution >= 4 is 71.2 Å². The molecule has 0 saturated heterocycles. The minimum atomic E-state index is -0.108. The van der Waals surface area contributed by atoms with Gasteiger partial charge in [-0.2, -0.15) is 0 Å². The van der Waals surface area contributed by atoms with Gasteiger partial charge in [-0.1, -0.05) is 166 Å². The SMILES string of the molecule is CC1(C)c2ccccc2-c2ccc(N(c3ccc(-c4ccccc4)cc3)c3ccc(-n4c5ccccc5c5c6c7ccccc7ccc6c6ccccc6c54)cc3)cc21. The number of benzene rings is 10. The Kier molecular flexibility index (Phi) is 7.31. The van der Waals surface area contributed by atoms with E-state index in [-0.39, 0.29) is 5.41 Å². The zero-order valence-electron chi connectivity index (χ0n) is 33.0. The summed E-state index contributed by atoms with van der Waals surface area (Å²) in [4.78, 5) is 2.42. The maximum Gasteiger partial charge on any atom is 0.0626 e. The zero-order valence-corrected chi connectivity index (χ0v) is 33.0. The minimum Gasteiger partial charge on any atom is -0.310 e. The van der Waals surface area contributed by atoms with Gasteiger partial charge >= 0.3 is 0 Å². The molecule has 0 aliphatic heterocycles. The maximum absolute atomic E-state index is 2.49. The first-order chi connectivity index (χ1) is 29.0. The fourth-order valence-corrected chi connectivity index (χ4v) is 10.2. The monoisotopic (exact) mass is 752 g/mol. The van der Waals surface area contributed by atoms with Crippen LogP contribution in [0.25, 0.3) is 82.1 Å². The highest BCUT2D eigenvalue weighted by atomic mass is 15.1. The number of hydrogen-bond acceptors (Lipinski definition) is 1. The van der Waals surface area contributed by atoms with Crippen molar-refractivity contribution in [1.82, 2.24) is 4.57 Å². The average Bonchev–Trinajstić information content (AvgIpc) is 3.76. The van der Waals surface area contributed by atoms with Gasteiger partial charge in [-0.3, -0.25) is 0 Å². The molecule has 0 saturated carbocycles. The highest BCUT2D eigenvalue weighted by molar-refractivity contribution is 6.36. The molecular weight excluding hydrogens is 713 g/mol. The summed E-state index contributed by atoms with van der Waals surface area (Å²) in [6, 6.07) is 76.1. The Labute approximate surface area is 343 Å². The van der Waals surface area contributed by atoms with Gasteiger partial charge in [0.15, 0.2) is 0 Å². The molecule has 2 nitrogen and oxygen atoms in total. The predicted octanol–water partition coefficient (Wildman–Crippen LogP) is 15.7. The lowest BCUT2D eigenvalue weighted by atomic mass is 9.82. The van der Waals surface area contributed by atoms with Crippen LogP contribution in [0.4, 0.5) is 17.1 Å². The number of aromatic nitrogens is 1. The molecule has 0 atom stereocenters. The summed E-state index contributed by atoms with van der Waals surface area (Å²) < 4.78 is 2.49. The zero-order chi connectivity index (χ0) is 39.2. The van der Waals surface area contributed by atoms with Gasteiger partial charge in [0.25, 0.3) is 0 Å². The molecule has 1 heterocycles. The molecule has 12 rings (SSSR count). The average molecular weight is 753 g/mol. The fourth-order valence-electron chi connectivity index (χ4n) is 10.2. The molecule has 1 aliphatic rings. The summed E-state index contributed by atoms with van der Waals surface area (Å²) in [5.41, 5.74) is 14.7. The first-order valence-electron chi connectivity index (χ1n) is 20.6. The molecule has 59 heavy (non-hydrogen) atoms. The van der Waals surface area contributed by atoms with E-state index in [1.807, 2.05) is 0 Å². The van der Waals surface area contributed by atoms with Gasteiger partial charge in [-0.25, -0.2) is 0 Å². The van der Waals surface area contributed by atoms with E-state index in [2.05, 4.69) is 230 Å². The van der Waals surface area contributed by atoms with Crippen LogP contribution in [0.2, 0.25) is 0 Å². The molecule has 0 unspecified atom stereocenters. The third-order valence-electron chi connectivity index (χ3n) is 13.0. The van der Waals surface area contributed by atoms with Crippen molar-refractivity contribution in [2.24, 2.45) is 0 Å². The Hall–Kier alpha value is -7.42. The van der Waals surface area contributed by atoms with E-state index in [0.29, 0.717) is 0 Å². The van der Waals surface area contributed by atoms with Crippen molar-refractivity contribution in [3.63, 3.8) is 0 Å². The van der Waals surface area contributed by atoms with E-state index < -0.39 is 0 Å². The lowest BCUT2D eigenvalue weighted by molar-refractivity contribution is 0.660. The van der Waals surface area contributed by atoms with Crippen molar-refractivity contribution in [2.75, 3.05) is 4.90 Å². The summed E-state index contributed by atoms with van der Waals surface area (Å²) in [5.74, 6) is 0. The molecular formula is C57H40N2. The number of rotatable bonds is 5. The number of fused-ring (bicyclic) bond motifs is 13. The summed E-state index contributed by atoms with van der Waals surface area (Å²) in [5, 5.41) is 10.2. The molecule has 0 N–H and O–H groups in total. The quantitative estimate of drug-likeness (QED) is 0.159. The highest BCUT2D eigenvalue weighted by Gasteiger charge is 2.35. The van der Waals surface area contributed by atoms with Crippen molar-refractivity contribution in [3.05, 3.63) is 217 Å². The second kappa shape index (κ2) is 12.8. The van der Waals surface area contributed by atoms with Crippen molar-refractivity contribution < 1.29 is 0 Å². The third-order valence-corrected chi connectivity index (χ3v) is 13.0. The number of hydrogen-bond donors (Lipinski definition) is 0. The van der Waals surface area contributed by atoms with E-state index in [9.17, 15) is 0 Å². The van der Waals surface area contributed by atoms with E-state index >= 15 is 0 Å². The van der Waals surface area contributed by atoms with Crippen molar-refractivity contribution in [1.29, 1.82) is 0 Å². The maximum atomic E-state index is 2.49. The molecule has 11 aromatic rings. The molecule has 1 aromatic heterocycles. The Balaban J connectivity index is 1.06. The molecule has 1 aliphatic carbocycles. The summed E-state index contributed by atoms with van der Waals surface area (Å²) in [6.45, 7) is 4.72. The minimum absolute atomic E-state index is 0.108. The van der Waals surface area contributed by atoms with E-state index in [4.69, 9.17) is 0 Å². The highest BCUT2D eigenvalue weighted by Crippen LogP contribution is 2.51. The number of anilines is 3. The molecule has 2 heteroatoms. The summed E-state index contributed by atoms with van der Waals surface area (Å²) in [7, 11) is 0. The normalized spacial score (nSPS) is 13.1. The van der Waals surface area contributed by atoms with Crippen LogP contribution in [-0.4, -0.2) is 4.57 Å². The lowest BCUT2D eigenvalue weighted by Gasteiger charge is -2.28. The molecule has 0 radical (unpaired) electrons. The Morgan fingerprint density at radius 1 is 0.390 bits per heavy atom. The van der Waals surface area contributed by atoms with Gasteiger partial charge in [-0.05, 0) is 110 Å². The molecule has 10 aromatic carbocycles. The van der Waals surface area contributed by atoms with Gasteiger partial charge in [0.05, 0.1) is 11.0 Å². The Morgan fingerprint density at radius 3 is 1.78 bits per heavy atom. The first kappa shape index (κ1) is 33.7. The van der Waals surface area contributed by atoms with Gasteiger partial charge in [0, 0.05) is 49.7 Å². The predicted molar refractivity (Wildman–Crippen MR) is 251 cm³/mol. The fraction of sp³-hybridized carbons (Fsp3) is 0.0526. The van der Waals surface area contributed by atoms with Crippen LogP contribution in [0.3, 0.4) is 0 Å².